The Hall–Kier alpha value is -1.44. The van der Waals surface area contributed by atoms with Gasteiger partial charge in [-0.2, -0.15) is 0 Å². The van der Waals surface area contributed by atoms with Crippen molar-refractivity contribution in [1.29, 1.82) is 0 Å². The first-order valence-electron chi connectivity index (χ1n) is 5.93. The molecule has 1 rings (SSSR count). The molecule has 0 radical (unpaired) electrons. The van der Waals surface area contributed by atoms with Gasteiger partial charge in [-0.25, -0.2) is 0 Å². The average molecular weight is 232 g/mol. The molecule has 0 fully saturated rings. The number of allylic oxidation sites excluding steroid dienone is 5. The Morgan fingerprint density at radius 1 is 1.29 bits per heavy atom. The molecule has 1 aliphatic rings. The fourth-order valence-corrected chi connectivity index (χ4v) is 1.73. The van der Waals surface area contributed by atoms with Gasteiger partial charge >= 0.3 is 0 Å². The van der Waals surface area contributed by atoms with Crippen molar-refractivity contribution in [3.05, 3.63) is 36.0 Å². The summed E-state index contributed by atoms with van der Waals surface area (Å²) in [6.45, 7) is 9.54. The molecule has 0 spiro atoms. The fourth-order valence-electron chi connectivity index (χ4n) is 1.73. The van der Waals surface area contributed by atoms with Crippen molar-refractivity contribution in [2.45, 2.75) is 40.0 Å². The molecule has 0 aromatic carbocycles. The first-order chi connectivity index (χ1) is 7.82. The molecule has 0 heterocycles. The molecule has 0 atom stereocenters. The van der Waals surface area contributed by atoms with Gasteiger partial charge in [0.2, 0.25) is 0 Å². The summed E-state index contributed by atoms with van der Waals surface area (Å²) >= 11 is 0. The second-order valence-electron chi connectivity index (χ2n) is 5.32. The normalized spacial score (nSPS) is 27.0. The lowest BCUT2D eigenvalue weighted by Gasteiger charge is -2.19. The number of ketones is 2. The highest BCUT2D eigenvalue weighted by Crippen LogP contribution is 2.26. The van der Waals surface area contributed by atoms with Crippen LogP contribution in [0.5, 0.6) is 0 Å². The molecule has 0 aromatic rings. The summed E-state index contributed by atoms with van der Waals surface area (Å²) in [5.41, 5.74) is 1.10. The number of Topliss-reactive ketones (excluding diaryl/α,β-unsaturated/α-hetero) is 1. The Labute approximate surface area is 103 Å². The van der Waals surface area contributed by atoms with Crippen LogP contribution in [0.25, 0.3) is 0 Å². The maximum Gasteiger partial charge on any atom is 0.180 e. The maximum atomic E-state index is 11.9. The van der Waals surface area contributed by atoms with E-state index in [-0.39, 0.29) is 17.0 Å². The van der Waals surface area contributed by atoms with E-state index in [1.54, 1.807) is 6.08 Å². The third-order valence-corrected chi connectivity index (χ3v) is 2.98. The monoisotopic (exact) mass is 232 g/mol. The molecule has 92 valence electrons. The summed E-state index contributed by atoms with van der Waals surface area (Å²) in [4.78, 5) is 23.6. The summed E-state index contributed by atoms with van der Waals surface area (Å²) in [7, 11) is 0. The second-order valence-corrected chi connectivity index (χ2v) is 5.32. The standard InChI is InChI=1S/C15H20O2/c1-11-6-5-7-12(2)14(17)10-15(3,4)9-8-13(11)16/h6,8-9H,2,5,7,10H2,1,3-4H3/b9-8+,11-6+. The summed E-state index contributed by atoms with van der Waals surface area (Å²) in [6.07, 6.45) is 7.03. The van der Waals surface area contributed by atoms with Crippen LogP contribution in [-0.4, -0.2) is 11.6 Å². The summed E-state index contributed by atoms with van der Waals surface area (Å²) in [5.74, 6) is 0.123. The molecule has 0 N–H and O–H groups in total. The minimum absolute atomic E-state index is 0.0260. The van der Waals surface area contributed by atoms with Crippen molar-refractivity contribution in [3.63, 3.8) is 0 Å². The van der Waals surface area contributed by atoms with E-state index in [4.69, 9.17) is 0 Å². The average Bonchev–Trinajstić information content (AvgIpc) is 2.24. The van der Waals surface area contributed by atoms with Crippen molar-refractivity contribution in [3.8, 4) is 0 Å². The lowest BCUT2D eigenvalue weighted by molar-refractivity contribution is -0.117. The van der Waals surface area contributed by atoms with Crippen molar-refractivity contribution in [2.24, 2.45) is 5.41 Å². The van der Waals surface area contributed by atoms with E-state index in [1.165, 1.54) is 0 Å². The fraction of sp³-hybridized carbons (Fsp3) is 0.467. The molecule has 2 nitrogen and oxygen atoms in total. The number of carbonyl (C=O) groups excluding carboxylic acids is 2. The van der Waals surface area contributed by atoms with E-state index in [1.807, 2.05) is 32.9 Å². The van der Waals surface area contributed by atoms with Gasteiger partial charge in [0.15, 0.2) is 11.6 Å². The van der Waals surface area contributed by atoms with Gasteiger partial charge < -0.3 is 0 Å². The highest BCUT2D eigenvalue weighted by atomic mass is 16.1. The van der Waals surface area contributed by atoms with Crippen LogP contribution in [0.4, 0.5) is 0 Å². The SMILES string of the molecule is C=C1CC/C=C(\C)C(=O)/C=C/C(C)(C)CC1=O. The third kappa shape index (κ3) is 4.14. The molecule has 0 aromatic heterocycles. The molecule has 0 saturated carbocycles. The lowest BCUT2D eigenvalue weighted by atomic mass is 9.84. The van der Waals surface area contributed by atoms with Gasteiger partial charge in [0, 0.05) is 6.42 Å². The van der Waals surface area contributed by atoms with Gasteiger partial charge in [0.1, 0.15) is 0 Å². The van der Waals surface area contributed by atoms with Crippen LogP contribution >= 0.6 is 0 Å². The third-order valence-electron chi connectivity index (χ3n) is 2.98. The largest absolute Gasteiger partial charge is 0.295 e. The van der Waals surface area contributed by atoms with Crippen molar-refractivity contribution >= 4 is 11.6 Å². The molecule has 0 bridgehead atoms. The van der Waals surface area contributed by atoms with Crippen LogP contribution in [0.3, 0.4) is 0 Å². The Morgan fingerprint density at radius 3 is 2.59 bits per heavy atom. The zero-order chi connectivity index (χ0) is 13.1. The highest BCUT2D eigenvalue weighted by molar-refractivity contribution is 6.03. The van der Waals surface area contributed by atoms with Crippen LogP contribution in [0.1, 0.15) is 40.0 Å². The van der Waals surface area contributed by atoms with Gasteiger partial charge in [0.05, 0.1) is 0 Å². The van der Waals surface area contributed by atoms with Crippen LogP contribution in [0, 0.1) is 5.41 Å². The summed E-state index contributed by atoms with van der Waals surface area (Å²) < 4.78 is 0. The number of rotatable bonds is 0. The van der Waals surface area contributed by atoms with Crippen molar-refractivity contribution in [1.82, 2.24) is 0 Å². The Bertz CT molecular complexity index is 409. The lowest BCUT2D eigenvalue weighted by Crippen LogP contribution is -2.16. The predicted octanol–water partition coefficient (Wildman–Crippen LogP) is 3.39. The van der Waals surface area contributed by atoms with Gasteiger partial charge in [-0.15, -0.1) is 0 Å². The van der Waals surface area contributed by atoms with Gasteiger partial charge in [-0.1, -0.05) is 32.6 Å². The molecule has 2 heteroatoms. The van der Waals surface area contributed by atoms with E-state index in [9.17, 15) is 9.59 Å². The highest BCUT2D eigenvalue weighted by Gasteiger charge is 2.21. The van der Waals surface area contributed by atoms with E-state index >= 15 is 0 Å². The molecule has 0 saturated heterocycles. The number of carbonyl (C=O) groups is 2. The Kier molecular flexibility index (Phi) is 4.22. The van der Waals surface area contributed by atoms with E-state index in [0.717, 1.165) is 5.57 Å². The van der Waals surface area contributed by atoms with Gasteiger partial charge in [0.25, 0.3) is 0 Å². The topological polar surface area (TPSA) is 34.1 Å². The summed E-state index contributed by atoms with van der Waals surface area (Å²) in [5, 5.41) is 0. The maximum absolute atomic E-state index is 11.9. The minimum Gasteiger partial charge on any atom is -0.295 e. The summed E-state index contributed by atoms with van der Waals surface area (Å²) in [6, 6.07) is 0. The van der Waals surface area contributed by atoms with Crippen molar-refractivity contribution in [2.75, 3.05) is 0 Å². The molecule has 1 aliphatic carbocycles. The first-order valence-corrected chi connectivity index (χ1v) is 5.93. The molecule has 0 amide bonds. The smallest absolute Gasteiger partial charge is 0.180 e. The second kappa shape index (κ2) is 5.26. The van der Waals surface area contributed by atoms with Crippen molar-refractivity contribution < 1.29 is 9.59 Å². The van der Waals surface area contributed by atoms with Crippen LogP contribution in [0.2, 0.25) is 0 Å². The zero-order valence-electron chi connectivity index (χ0n) is 10.9. The number of hydrogen-bond acceptors (Lipinski definition) is 2. The van der Waals surface area contributed by atoms with Crippen LogP contribution in [0.15, 0.2) is 36.0 Å². The predicted molar refractivity (Wildman–Crippen MR) is 69.7 cm³/mol. The van der Waals surface area contributed by atoms with Crippen LogP contribution < -0.4 is 0 Å². The zero-order valence-corrected chi connectivity index (χ0v) is 10.9. The molecule has 17 heavy (non-hydrogen) atoms. The molecular weight excluding hydrogens is 212 g/mol. The molecule has 0 unspecified atom stereocenters. The molecular formula is C15H20O2. The minimum atomic E-state index is -0.291. The Balaban J connectivity index is 3.01. The van der Waals surface area contributed by atoms with Gasteiger partial charge in [-0.05, 0) is 42.4 Å². The van der Waals surface area contributed by atoms with Gasteiger partial charge in [-0.3, -0.25) is 9.59 Å². The van der Waals surface area contributed by atoms with E-state index < -0.39 is 0 Å². The Morgan fingerprint density at radius 2 is 1.94 bits per heavy atom. The van der Waals surface area contributed by atoms with Crippen LogP contribution in [-0.2, 0) is 9.59 Å². The van der Waals surface area contributed by atoms with E-state index in [0.29, 0.717) is 24.8 Å². The van der Waals surface area contributed by atoms with E-state index in [2.05, 4.69) is 6.58 Å². The molecule has 0 aliphatic heterocycles. The first kappa shape index (κ1) is 13.6. The quantitative estimate of drug-likeness (QED) is 0.600. The number of hydrogen-bond donors (Lipinski definition) is 0.